The van der Waals surface area contributed by atoms with E-state index in [0.717, 1.165) is 19.3 Å². The predicted octanol–water partition coefficient (Wildman–Crippen LogP) is 2.96. The fraction of sp³-hybridized carbons (Fsp3) is 0.600. The van der Waals surface area contributed by atoms with Crippen LogP contribution in [0, 0.1) is 0 Å². The average Bonchev–Trinajstić information content (AvgIpc) is 2.40. The molecule has 1 aromatic carbocycles. The van der Waals surface area contributed by atoms with Crippen molar-refractivity contribution in [2.75, 3.05) is 7.11 Å². The Morgan fingerprint density at radius 1 is 1.28 bits per heavy atom. The molecule has 0 fully saturated rings. The van der Waals surface area contributed by atoms with E-state index in [-0.39, 0.29) is 11.6 Å². The number of hydrogen-bond donors (Lipinski definition) is 2. The van der Waals surface area contributed by atoms with Gasteiger partial charge in [-0.15, -0.1) is 0 Å². The molecular formula is C15H26N2O. The van der Waals surface area contributed by atoms with Gasteiger partial charge in [0.15, 0.2) is 0 Å². The molecule has 0 amide bonds. The standard InChI is InChI=1S/C15H26N2O/c1-5-12-6-8-13(9-7-12)14(17-16)10-11-15(2,3)18-4/h6-9,14,17H,5,10-11,16H2,1-4H3. The summed E-state index contributed by atoms with van der Waals surface area (Å²) in [6.07, 6.45) is 2.99. The number of methoxy groups -OCH3 is 1. The first-order valence-corrected chi connectivity index (χ1v) is 6.62. The van der Waals surface area contributed by atoms with Gasteiger partial charge in [0.2, 0.25) is 0 Å². The van der Waals surface area contributed by atoms with Gasteiger partial charge in [-0.2, -0.15) is 0 Å². The van der Waals surface area contributed by atoms with Crippen LogP contribution in [0.4, 0.5) is 0 Å². The maximum atomic E-state index is 5.66. The van der Waals surface area contributed by atoms with Crippen molar-refractivity contribution in [1.29, 1.82) is 0 Å². The maximum Gasteiger partial charge on any atom is 0.0623 e. The number of nitrogens with two attached hydrogens (primary N) is 1. The van der Waals surface area contributed by atoms with Crippen molar-refractivity contribution < 1.29 is 4.74 Å². The summed E-state index contributed by atoms with van der Waals surface area (Å²) in [7, 11) is 1.75. The molecule has 1 unspecified atom stereocenters. The van der Waals surface area contributed by atoms with E-state index in [2.05, 4.69) is 50.5 Å². The summed E-state index contributed by atoms with van der Waals surface area (Å²) in [5.74, 6) is 5.66. The average molecular weight is 250 g/mol. The van der Waals surface area contributed by atoms with Gasteiger partial charge < -0.3 is 4.74 Å². The minimum absolute atomic E-state index is 0.0988. The number of aryl methyl sites for hydroxylation is 1. The molecule has 1 aromatic rings. The molecule has 3 nitrogen and oxygen atoms in total. The normalized spacial score (nSPS) is 13.6. The molecule has 0 aromatic heterocycles. The minimum atomic E-state index is -0.0988. The van der Waals surface area contributed by atoms with Gasteiger partial charge in [0.05, 0.1) is 5.60 Å². The maximum absolute atomic E-state index is 5.66. The fourth-order valence-corrected chi connectivity index (χ4v) is 1.93. The first-order chi connectivity index (χ1) is 8.52. The van der Waals surface area contributed by atoms with Crippen LogP contribution in [0.15, 0.2) is 24.3 Å². The SMILES string of the molecule is CCc1ccc(C(CCC(C)(C)OC)NN)cc1. The Bertz CT molecular complexity index is 346. The van der Waals surface area contributed by atoms with Gasteiger partial charge in [0.25, 0.3) is 0 Å². The topological polar surface area (TPSA) is 47.3 Å². The molecule has 0 saturated carbocycles. The molecule has 0 spiro atoms. The molecule has 0 heterocycles. The Hall–Kier alpha value is -0.900. The lowest BCUT2D eigenvalue weighted by molar-refractivity contribution is 0.0117. The van der Waals surface area contributed by atoms with Crippen LogP contribution in [-0.2, 0) is 11.2 Å². The first kappa shape index (κ1) is 15.2. The smallest absolute Gasteiger partial charge is 0.0623 e. The van der Waals surface area contributed by atoms with E-state index in [1.807, 2.05) is 0 Å². The van der Waals surface area contributed by atoms with Crippen LogP contribution in [0.25, 0.3) is 0 Å². The zero-order chi connectivity index (χ0) is 13.6. The second-order valence-corrected chi connectivity index (χ2v) is 5.32. The number of ether oxygens (including phenoxy) is 1. The first-order valence-electron chi connectivity index (χ1n) is 6.62. The van der Waals surface area contributed by atoms with Gasteiger partial charge in [-0.3, -0.25) is 11.3 Å². The molecular weight excluding hydrogens is 224 g/mol. The highest BCUT2D eigenvalue weighted by atomic mass is 16.5. The van der Waals surface area contributed by atoms with Gasteiger partial charge in [0.1, 0.15) is 0 Å². The number of rotatable bonds is 7. The van der Waals surface area contributed by atoms with Crippen LogP contribution in [0.2, 0.25) is 0 Å². The zero-order valence-electron chi connectivity index (χ0n) is 12.0. The van der Waals surface area contributed by atoms with E-state index >= 15 is 0 Å². The van der Waals surface area contributed by atoms with Crippen molar-refractivity contribution in [1.82, 2.24) is 5.43 Å². The molecule has 0 saturated heterocycles. The summed E-state index contributed by atoms with van der Waals surface area (Å²) in [4.78, 5) is 0. The predicted molar refractivity (Wildman–Crippen MR) is 76.2 cm³/mol. The molecule has 3 N–H and O–H groups in total. The molecule has 0 bridgehead atoms. The van der Waals surface area contributed by atoms with Crippen molar-refractivity contribution in [3.05, 3.63) is 35.4 Å². The minimum Gasteiger partial charge on any atom is -0.379 e. The molecule has 0 radical (unpaired) electrons. The summed E-state index contributed by atoms with van der Waals surface area (Å²) < 4.78 is 5.44. The number of hydrazine groups is 1. The zero-order valence-corrected chi connectivity index (χ0v) is 12.0. The summed E-state index contributed by atoms with van der Waals surface area (Å²) >= 11 is 0. The quantitative estimate of drug-likeness (QED) is 0.578. The molecule has 1 atom stereocenters. The second-order valence-electron chi connectivity index (χ2n) is 5.32. The van der Waals surface area contributed by atoms with Crippen molar-refractivity contribution >= 4 is 0 Å². The largest absolute Gasteiger partial charge is 0.379 e. The van der Waals surface area contributed by atoms with Crippen LogP contribution >= 0.6 is 0 Å². The lowest BCUT2D eigenvalue weighted by Crippen LogP contribution is -2.31. The fourth-order valence-electron chi connectivity index (χ4n) is 1.93. The van der Waals surface area contributed by atoms with E-state index in [4.69, 9.17) is 10.6 Å². The Morgan fingerprint density at radius 3 is 2.33 bits per heavy atom. The van der Waals surface area contributed by atoms with Crippen LogP contribution < -0.4 is 11.3 Å². The molecule has 102 valence electrons. The Labute approximate surface area is 111 Å². The summed E-state index contributed by atoms with van der Waals surface area (Å²) in [5.41, 5.74) is 5.39. The molecule has 0 aliphatic heterocycles. The summed E-state index contributed by atoms with van der Waals surface area (Å²) in [5, 5.41) is 0. The Balaban J connectivity index is 2.65. The highest BCUT2D eigenvalue weighted by Crippen LogP contribution is 2.24. The van der Waals surface area contributed by atoms with E-state index in [9.17, 15) is 0 Å². The Kier molecular flexibility index (Phi) is 5.79. The van der Waals surface area contributed by atoms with Crippen LogP contribution in [-0.4, -0.2) is 12.7 Å². The second kappa shape index (κ2) is 6.88. The summed E-state index contributed by atoms with van der Waals surface area (Å²) in [6, 6.07) is 8.83. The van der Waals surface area contributed by atoms with E-state index in [0.29, 0.717) is 0 Å². The van der Waals surface area contributed by atoms with Crippen LogP contribution in [0.3, 0.4) is 0 Å². The highest BCUT2D eigenvalue weighted by molar-refractivity contribution is 5.25. The van der Waals surface area contributed by atoms with Crippen molar-refractivity contribution in [3.8, 4) is 0 Å². The molecule has 3 heteroatoms. The number of hydrogen-bond acceptors (Lipinski definition) is 3. The van der Waals surface area contributed by atoms with Gasteiger partial charge in [-0.1, -0.05) is 31.2 Å². The number of benzene rings is 1. The van der Waals surface area contributed by atoms with Crippen LogP contribution in [0.5, 0.6) is 0 Å². The molecule has 0 aliphatic rings. The monoisotopic (exact) mass is 250 g/mol. The molecule has 18 heavy (non-hydrogen) atoms. The third kappa shape index (κ3) is 4.41. The van der Waals surface area contributed by atoms with E-state index in [1.54, 1.807) is 7.11 Å². The number of nitrogens with one attached hydrogen (secondary N) is 1. The third-order valence-electron chi connectivity index (χ3n) is 3.58. The van der Waals surface area contributed by atoms with Crippen molar-refractivity contribution in [2.45, 2.75) is 51.7 Å². The van der Waals surface area contributed by atoms with Gasteiger partial charge in [0, 0.05) is 13.2 Å². The van der Waals surface area contributed by atoms with Gasteiger partial charge in [-0.25, -0.2) is 0 Å². The van der Waals surface area contributed by atoms with Gasteiger partial charge in [-0.05, 0) is 44.2 Å². The van der Waals surface area contributed by atoms with E-state index in [1.165, 1.54) is 11.1 Å². The van der Waals surface area contributed by atoms with Crippen molar-refractivity contribution in [2.24, 2.45) is 5.84 Å². The molecule has 1 rings (SSSR count). The highest BCUT2D eigenvalue weighted by Gasteiger charge is 2.19. The van der Waals surface area contributed by atoms with Crippen LogP contribution in [0.1, 0.15) is 50.8 Å². The summed E-state index contributed by atoms with van der Waals surface area (Å²) in [6.45, 7) is 6.36. The lowest BCUT2D eigenvalue weighted by Gasteiger charge is -2.26. The lowest BCUT2D eigenvalue weighted by atomic mass is 9.94. The van der Waals surface area contributed by atoms with Crippen molar-refractivity contribution in [3.63, 3.8) is 0 Å². The Morgan fingerprint density at radius 2 is 1.89 bits per heavy atom. The third-order valence-corrected chi connectivity index (χ3v) is 3.58. The molecule has 0 aliphatic carbocycles. The van der Waals surface area contributed by atoms with Gasteiger partial charge >= 0.3 is 0 Å². The van der Waals surface area contributed by atoms with E-state index < -0.39 is 0 Å².